The molecule has 0 bridgehead atoms. The minimum absolute atomic E-state index is 0.0468. The van der Waals surface area contributed by atoms with E-state index >= 15 is 0 Å². The van der Waals surface area contributed by atoms with Crippen molar-refractivity contribution < 1.29 is 9.90 Å². The van der Waals surface area contributed by atoms with Gasteiger partial charge in [0.1, 0.15) is 0 Å². The Morgan fingerprint density at radius 2 is 2.29 bits per heavy atom. The van der Waals surface area contributed by atoms with E-state index in [0.717, 1.165) is 0 Å². The Labute approximate surface area is 86.7 Å². The molecule has 76 valence electrons. The van der Waals surface area contributed by atoms with Crippen molar-refractivity contribution in [2.75, 3.05) is 17.6 Å². The molecule has 4 N–H and O–H groups in total. The SMILES string of the molecule is Nc1ccc(Cl)c(NCCC(=O)O)c1. The molecular weight excluding hydrogens is 204 g/mol. The van der Waals surface area contributed by atoms with Gasteiger partial charge in [-0.1, -0.05) is 11.6 Å². The highest BCUT2D eigenvalue weighted by molar-refractivity contribution is 6.33. The third-order valence-electron chi connectivity index (χ3n) is 1.64. The van der Waals surface area contributed by atoms with Gasteiger partial charge in [-0.2, -0.15) is 0 Å². The van der Waals surface area contributed by atoms with E-state index in [2.05, 4.69) is 5.32 Å². The van der Waals surface area contributed by atoms with E-state index in [1.165, 1.54) is 0 Å². The lowest BCUT2D eigenvalue weighted by Gasteiger charge is -2.07. The summed E-state index contributed by atoms with van der Waals surface area (Å²) >= 11 is 5.85. The molecule has 0 atom stereocenters. The number of benzene rings is 1. The third kappa shape index (κ3) is 3.14. The van der Waals surface area contributed by atoms with Crippen molar-refractivity contribution >= 4 is 28.9 Å². The summed E-state index contributed by atoms with van der Waals surface area (Å²) in [4.78, 5) is 10.2. The molecule has 0 aliphatic rings. The highest BCUT2D eigenvalue weighted by Gasteiger charge is 2.01. The van der Waals surface area contributed by atoms with Crippen LogP contribution in [0.4, 0.5) is 11.4 Å². The van der Waals surface area contributed by atoms with E-state index in [4.69, 9.17) is 22.4 Å². The molecule has 14 heavy (non-hydrogen) atoms. The second-order valence-electron chi connectivity index (χ2n) is 2.81. The van der Waals surface area contributed by atoms with Gasteiger partial charge < -0.3 is 16.2 Å². The minimum atomic E-state index is -0.850. The lowest BCUT2D eigenvalue weighted by Crippen LogP contribution is -2.07. The van der Waals surface area contributed by atoms with Crippen molar-refractivity contribution in [2.45, 2.75) is 6.42 Å². The molecule has 4 nitrogen and oxygen atoms in total. The number of aliphatic carboxylic acids is 1. The molecule has 0 amide bonds. The molecule has 0 spiro atoms. The van der Waals surface area contributed by atoms with Crippen molar-refractivity contribution in [2.24, 2.45) is 0 Å². The molecule has 0 unspecified atom stereocenters. The summed E-state index contributed by atoms with van der Waals surface area (Å²) in [6.07, 6.45) is 0.0468. The zero-order valence-corrected chi connectivity index (χ0v) is 8.21. The average molecular weight is 215 g/mol. The Hall–Kier alpha value is -1.42. The summed E-state index contributed by atoms with van der Waals surface area (Å²) in [6, 6.07) is 5.02. The maximum atomic E-state index is 10.2. The lowest BCUT2D eigenvalue weighted by atomic mass is 10.2. The summed E-state index contributed by atoms with van der Waals surface area (Å²) in [5.74, 6) is -0.850. The van der Waals surface area contributed by atoms with Gasteiger partial charge in [0.05, 0.1) is 17.1 Å². The van der Waals surface area contributed by atoms with Gasteiger partial charge in [0.15, 0.2) is 0 Å². The largest absolute Gasteiger partial charge is 0.481 e. The van der Waals surface area contributed by atoms with E-state index < -0.39 is 5.97 Å². The molecule has 0 saturated heterocycles. The minimum Gasteiger partial charge on any atom is -0.481 e. The predicted molar refractivity (Wildman–Crippen MR) is 56.6 cm³/mol. The summed E-state index contributed by atoms with van der Waals surface area (Å²) in [7, 11) is 0. The van der Waals surface area contributed by atoms with Crippen LogP contribution in [0.2, 0.25) is 5.02 Å². The zero-order valence-electron chi connectivity index (χ0n) is 7.46. The number of rotatable bonds is 4. The Morgan fingerprint density at radius 1 is 1.57 bits per heavy atom. The first-order chi connectivity index (χ1) is 6.59. The summed E-state index contributed by atoms with van der Waals surface area (Å²) in [5.41, 5.74) is 6.79. The first-order valence-corrected chi connectivity index (χ1v) is 4.48. The van der Waals surface area contributed by atoms with Gasteiger partial charge in [-0.05, 0) is 18.2 Å². The van der Waals surface area contributed by atoms with Crippen molar-refractivity contribution in [3.05, 3.63) is 23.2 Å². The van der Waals surface area contributed by atoms with Crippen LogP contribution in [0, 0.1) is 0 Å². The normalized spacial score (nSPS) is 9.79. The van der Waals surface area contributed by atoms with Crippen molar-refractivity contribution in [1.29, 1.82) is 0 Å². The molecule has 0 aromatic heterocycles. The van der Waals surface area contributed by atoms with E-state index in [1.54, 1.807) is 18.2 Å². The van der Waals surface area contributed by atoms with Gasteiger partial charge in [-0.15, -0.1) is 0 Å². The molecule has 0 radical (unpaired) electrons. The second kappa shape index (κ2) is 4.72. The number of carboxylic acid groups (broad SMARTS) is 1. The fourth-order valence-electron chi connectivity index (χ4n) is 0.982. The maximum absolute atomic E-state index is 10.2. The van der Waals surface area contributed by atoms with Crippen LogP contribution in [-0.4, -0.2) is 17.6 Å². The Balaban J connectivity index is 2.57. The topological polar surface area (TPSA) is 75.3 Å². The number of anilines is 2. The molecule has 1 rings (SSSR count). The number of hydrogen-bond donors (Lipinski definition) is 3. The molecule has 0 heterocycles. The van der Waals surface area contributed by atoms with Crippen LogP contribution in [0.25, 0.3) is 0 Å². The van der Waals surface area contributed by atoms with Gasteiger partial charge in [0.2, 0.25) is 0 Å². The number of hydrogen-bond acceptors (Lipinski definition) is 3. The molecule has 0 aliphatic heterocycles. The number of nitrogens with one attached hydrogen (secondary N) is 1. The first kappa shape index (κ1) is 10.7. The van der Waals surface area contributed by atoms with Crippen molar-refractivity contribution in [3.8, 4) is 0 Å². The smallest absolute Gasteiger partial charge is 0.305 e. The predicted octanol–water partition coefficient (Wildman–Crippen LogP) is 1.81. The van der Waals surface area contributed by atoms with Crippen LogP contribution >= 0.6 is 11.6 Å². The summed E-state index contributed by atoms with van der Waals surface area (Å²) in [5, 5.41) is 11.8. The van der Waals surface area contributed by atoms with E-state index in [-0.39, 0.29) is 6.42 Å². The van der Waals surface area contributed by atoms with Gasteiger partial charge in [-0.3, -0.25) is 4.79 Å². The summed E-state index contributed by atoms with van der Waals surface area (Å²) in [6.45, 7) is 0.332. The van der Waals surface area contributed by atoms with Gasteiger partial charge in [0.25, 0.3) is 0 Å². The Bertz CT molecular complexity index is 342. The maximum Gasteiger partial charge on any atom is 0.305 e. The molecular formula is C9H11ClN2O2. The monoisotopic (exact) mass is 214 g/mol. The molecule has 0 fully saturated rings. The second-order valence-corrected chi connectivity index (χ2v) is 3.22. The van der Waals surface area contributed by atoms with Gasteiger partial charge in [-0.25, -0.2) is 0 Å². The van der Waals surface area contributed by atoms with Crippen LogP contribution in [0.15, 0.2) is 18.2 Å². The Morgan fingerprint density at radius 3 is 2.93 bits per heavy atom. The van der Waals surface area contributed by atoms with Crippen LogP contribution < -0.4 is 11.1 Å². The highest BCUT2D eigenvalue weighted by Crippen LogP contribution is 2.23. The molecule has 1 aromatic carbocycles. The molecule has 0 saturated carbocycles. The number of carbonyl (C=O) groups is 1. The van der Waals surface area contributed by atoms with E-state index in [1.807, 2.05) is 0 Å². The van der Waals surface area contributed by atoms with Crippen LogP contribution in [-0.2, 0) is 4.79 Å². The molecule has 0 aliphatic carbocycles. The van der Waals surface area contributed by atoms with Crippen LogP contribution in [0.3, 0.4) is 0 Å². The van der Waals surface area contributed by atoms with Gasteiger partial charge in [0, 0.05) is 12.2 Å². The molecule has 1 aromatic rings. The van der Waals surface area contributed by atoms with E-state index in [9.17, 15) is 4.79 Å². The standard InChI is InChI=1S/C9H11ClN2O2/c10-7-2-1-6(11)5-8(7)12-4-3-9(13)14/h1-2,5,12H,3-4,11H2,(H,13,14). The summed E-state index contributed by atoms with van der Waals surface area (Å²) < 4.78 is 0. The average Bonchev–Trinajstić information content (AvgIpc) is 2.10. The molecule has 5 heteroatoms. The van der Waals surface area contributed by atoms with Crippen molar-refractivity contribution in [3.63, 3.8) is 0 Å². The zero-order chi connectivity index (χ0) is 10.6. The van der Waals surface area contributed by atoms with Crippen LogP contribution in [0.1, 0.15) is 6.42 Å². The number of nitrogen functional groups attached to an aromatic ring is 1. The van der Waals surface area contributed by atoms with E-state index in [0.29, 0.717) is 22.9 Å². The highest BCUT2D eigenvalue weighted by atomic mass is 35.5. The quantitative estimate of drug-likeness (QED) is 0.669. The first-order valence-electron chi connectivity index (χ1n) is 4.10. The third-order valence-corrected chi connectivity index (χ3v) is 1.97. The van der Waals surface area contributed by atoms with Crippen molar-refractivity contribution in [1.82, 2.24) is 0 Å². The van der Waals surface area contributed by atoms with Crippen LogP contribution in [0.5, 0.6) is 0 Å². The number of halogens is 1. The lowest BCUT2D eigenvalue weighted by molar-refractivity contribution is -0.136. The fourth-order valence-corrected chi connectivity index (χ4v) is 1.17. The Kier molecular flexibility index (Phi) is 3.59. The van der Waals surface area contributed by atoms with Gasteiger partial charge >= 0.3 is 5.97 Å². The number of carboxylic acids is 1. The number of nitrogens with two attached hydrogens (primary N) is 1. The fraction of sp³-hybridized carbons (Fsp3) is 0.222.